The number of nitrogens with zero attached hydrogens (tertiary/aromatic N) is 1. The molecule has 0 spiro atoms. The van der Waals surface area contributed by atoms with E-state index in [1.165, 1.54) is 0 Å². The van der Waals surface area contributed by atoms with Crippen molar-refractivity contribution in [1.29, 1.82) is 0 Å². The number of carbonyl (C=O) groups excluding carboxylic acids is 2. The van der Waals surface area contributed by atoms with E-state index in [4.69, 9.17) is 11.6 Å². The van der Waals surface area contributed by atoms with Crippen LogP contribution in [0.4, 0.5) is 5.69 Å². The zero-order chi connectivity index (χ0) is 22.2. The first kappa shape index (κ1) is 22.5. The lowest BCUT2D eigenvalue weighted by Gasteiger charge is -2.28. The Hall–Kier alpha value is -3.15. The topological polar surface area (TPSA) is 61.4 Å². The van der Waals surface area contributed by atoms with E-state index in [0.717, 1.165) is 16.7 Å². The van der Waals surface area contributed by atoms with Gasteiger partial charge in [-0.05, 0) is 42.8 Å². The highest BCUT2D eigenvalue weighted by molar-refractivity contribution is 6.31. The Bertz CT molecular complexity index is 986. The zero-order valence-corrected chi connectivity index (χ0v) is 18.4. The lowest BCUT2D eigenvalue weighted by Crippen LogP contribution is -2.40. The monoisotopic (exact) mass is 435 g/mol. The normalized spacial score (nSPS) is 10.9. The van der Waals surface area contributed by atoms with E-state index in [-0.39, 0.29) is 30.9 Å². The highest BCUT2D eigenvalue weighted by Crippen LogP contribution is 2.27. The number of likely N-dealkylation sites (N-methyl/N-ethyl adjacent to an activating group) is 1. The second-order valence-corrected chi connectivity index (χ2v) is 7.78. The Kier molecular flexibility index (Phi) is 7.82. The third-order valence-electron chi connectivity index (χ3n) is 5.05. The van der Waals surface area contributed by atoms with E-state index >= 15 is 0 Å². The molecule has 0 saturated carbocycles. The van der Waals surface area contributed by atoms with Crippen LogP contribution in [0.25, 0.3) is 0 Å². The molecule has 160 valence electrons. The van der Waals surface area contributed by atoms with Crippen molar-refractivity contribution in [2.75, 3.05) is 25.5 Å². The molecule has 0 heterocycles. The summed E-state index contributed by atoms with van der Waals surface area (Å²) in [7, 11) is 1.90. The molecule has 6 heteroatoms. The van der Waals surface area contributed by atoms with E-state index in [9.17, 15) is 9.59 Å². The van der Waals surface area contributed by atoms with Gasteiger partial charge < -0.3 is 10.6 Å². The molecule has 0 aliphatic rings. The van der Waals surface area contributed by atoms with Gasteiger partial charge in [-0.15, -0.1) is 0 Å². The molecule has 0 bridgehead atoms. The molecule has 0 radical (unpaired) electrons. The summed E-state index contributed by atoms with van der Waals surface area (Å²) in [4.78, 5) is 26.8. The Morgan fingerprint density at radius 2 is 1.45 bits per heavy atom. The maximum absolute atomic E-state index is 12.5. The number of rotatable bonds is 8. The van der Waals surface area contributed by atoms with Crippen molar-refractivity contribution in [3.05, 3.63) is 101 Å². The third-order valence-corrected chi connectivity index (χ3v) is 5.46. The first-order valence-corrected chi connectivity index (χ1v) is 10.5. The molecule has 3 aromatic carbocycles. The fourth-order valence-corrected chi connectivity index (χ4v) is 3.64. The van der Waals surface area contributed by atoms with Gasteiger partial charge in [-0.3, -0.25) is 14.5 Å². The van der Waals surface area contributed by atoms with Gasteiger partial charge in [0.15, 0.2) is 0 Å². The van der Waals surface area contributed by atoms with Crippen molar-refractivity contribution >= 4 is 29.1 Å². The molecule has 3 rings (SSSR count). The first-order chi connectivity index (χ1) is 15.0. The summed E-state index contributed by atoms with van der Waals surface area (Å²) < 4.78 is 0. The van der Waals surface area contributed by atoms with Crippen LogP contribution in [0.1, 0.15) is 22.7 Å². The molecule has 31 heavy (non-hydrogen) atoms. The van der Waals surface area contributed by atoms with Gasteiger partial charge >= 0.3 is 0 Å². The largest absolute Gasteiger partial charge is 0.346 e. The van der Waals surface area contributed by atoms with Crippen LogP contribution >= 0.6 is 11.6 Å². The molecule has 2 N–H and O–H groups in total. The number of anilines is 1. The molecule has 0 aliphatic carbocycles. The predicted octanol–water partition coefficient (Wildman–Crippen LogP) is 4.42. The average molecular weight is 436 g/mol. The Morgan fingerprint density at radius 1 is 0.871 bits per heavy atom. The highest BCUT2D eigenvalue weighted by atomic mass is 35.5. The van der Waals surface area contributed by atoms with Crippen LogP contribution in [-0.2, 0) is 9.59 Å². The van der Waals surface area contributed by atoms with Gasteiger partial charge in [0, 0.05) is 10.7 Å². The molecular formula is C25H26ClN3O2. The second kappa shape index (κ2) is 10.8. The van der Waals surface area contributed by atoms with Gasteiger partial charge in [-0.1, -0.05) is 78.3 Å². The molecule has 3 aromatic rings. The van der Waals surface area contributed by atoms with Gasteiger partial charge in [0.05, 0.1) is 19.1 Å². The van der Waals surface area contributed by atoms with Gasteiger partial charge in [0.2, 0.25) is 11.8 Å². The quantitative estimate of drug-likeness (QED) is 0.550. The van der Waals surface area contributed by atoms with Crippen LogP contribution in [0, 0.1) is 6.92 Å². The van der Waals surface area contributed by atoms with Crippen LogP contribution in [0.2, 0.25) is 5.02 Å². The Labute approximate surface area is 188 Å². The van der Waals surface area contributed by atoms with Crippen LogP contribution < -0.4 is 10.6 Å². The molecule has 5 nitrogen and oxygen atoms in total. The fraction of sp³-hybridized carbons (Fsp3) is 0.200. The highest BCUT2D eigenvalue weighted by Gasteiger charge is 2.21. The van der Waals surface area contributed by atoms with Crippen LogP contribution in [0.3, 0.4) is 0 Å². The summed E-state index contributed by atoms with van der Waals surface area (Å²) in [6.45, 7) is 1.87. The van der Waals surface area contributed by atoms with Gasteiger partial charge in [0.1, 0.15) is 0 Å². The van der Waals surface area contributed by atoms with E-state index in [2.05, 4.69) is 10.6 Å². The van der Waals surface area contributed by atoms with E-state index in [0.29, 0.717) is 10.7 Å². The summed E-state index contributed by atoms with van der Waals surface area (Å²) in [6, 6.07) is 25.3. The first-order valence-electron chi connectivity index (χ1n) is 10.1. The third kappa shape index (κ3) is 6.17. The minimum atomic E-state index is -0.302. The minimum absolute atomic E-state index is 0.0731. The number of halogens is 1. The molecule has 2 amide bonds. The fourth-order valence-electron chi connectivity index (χ4n) is 3.46. The van der Waals surface area contributed by atoms with E-state index in [1.807, 2.05) is 79.5 Å². The number of benzene rings is 3. The van der Waals surface area contributed by atoms with Crippen molar-refractivity contribution in [3.63, 3.8) is 0 Å². The predicted molar refractivity (Wildman–Crippen MR) is 125 cm³/mol. The maximum Gasteiger partial charge on any atom is 0.243 e. The van der Waals surface area contributed by atoms with Crippen molar-refractivity contribution in [1.82, 2.24) is 10.2 Å². The smallest absolute Gasteiger partial charge is 0.243 e. The number of hydrogen-bond donors (Lipinski definition) is 2. The van der Waals surface area contributed by atoms with Gasteiger partial charge in [0.25, 0.3) is 0 Å². The minimum Gasteiger partial charge on any atom is -0.346 e. The average Bonchev–Trinajstić information content (AvgIpc) is 2.77. The standard InChI is InChI=1S/C25H26ClN3O2/c1-18-21(26)14-9-15-22(18)28-23(30)16-27-24(31)17-29(2)25(19-10-5-3-6-11-19)20-12-7-4-8-13-20/h3-15,25H,16-17H2,1-2H3,(H,27,31)(H,28,30). The number of carbonyl (C=O) groups is 2. The van der Waals surface area contributed by atoms with Crippen LogP contribution in [-0.4, -0.2) is 36.9 Å². The summed E-state index contributed by atoms with van der Waals surface area (Å²) in [5.41, 5.74) is 3.62. The van der Waals surface area contributed by atoms with Gasteiger partial charge in [-0.2, -0.15) is 0 Å². The lowest BCUT2D eigenvalue weighted by molar-refractivity contribution is -0.125. The van der Waals surface area contributed by atoms with Crippen molar-refractivity contribution in [2.45, 2.75) is 13.0 Å². The number of hydrogen-bond acceptors (Lipinski definition) is 3. The molecule has 0 aromatic heterocycles. The van der Waals surface area contributed by atoms with Crippen molar-refractivity contribution in [3.8, 4) is 0 Å². The molecule has 0 aliphatic heterocycles. The zero-order valence-electron chi connectivity index (χ0n) is 17.6. The van der Waals surface area contributed by atoms with E-state index in [1.54, 1.807) is 18.2 Å². The molecule has 0 unspecified atom stereocenters. The number of amides is 2. The SMILES string of the molecule is Cc1c(Cl)cccc1NC(=O)CNC(=O)CN(C)C(c1ccccc1)c1ccccc1. The maximum atomic E-state index is 12.5. The van der Waals surface area contributed by atoms with Crippen LogP contribution in [0.15, 0.2) is 78.9 Å². The Balaban J connectivity index is 1.60. The molecule has 0 atom stereocenters. The molecular weight excluding hydrogens is 410 g/mol. The summed E-state index contributed by atoms with van der Waals surface area (Å²) in [6.07, 6.45) is 0. The van der Waals surface area contributed by atoms with Gasteiger partial charge in [-0.25, -0.2) is 0 Å². The summed E-state index contributed by atoms with van der Waals surface area (Å²) in [5, 5.41) is 6.06. The van der Waals surface area contributed by atoms with Crippen molar-refractivity contribution in [2.24, 2.45) is 0 Å². The molecule has 0 fully saturated rings. The van der Waals surface area contributed by atoms with E-state index < -0.39 is 0 Å². The Morgan fingerprint density at radius 3 is 2.03 bits per heavy atom. The summed E-state index contributed by atoms with van der Waals surface area (Å²) in [5.74, 6) is -0.527. The summed E-state index contributed by atoms with van der Waals surface area (Å²) >= 11 is 6.09. The number of nitrogens with one attached hydrogen (secondary N) is 2. The molecule has 0 saturated heterocycles. The van der Waals surface area contributed by atoms with Crippen molar-refractivity contribution < 1.29 is 9.59 Å². The van der Waals surface area contributed by atoms with Crippen LogP contribution in [0.5, 0.6) is 0 Å². The second-order valence-electron chi connectivity index (χ2n) is 7.38. The lowest BCUT2D eigenvalue weighted by atomic mass is 9.97.